The molecule has 3 aromatic rings. The van der Waals surface area contributed by atoms with Crippen LogP contribution in [0.3, 0.4) is 0 Å². The summed E-state index contributed by atoms with van der Waals surface area (Å²) in [7, 11) is 1.60. The molecule has 1 heterocycles. The molecule has 0 radical (unpaired) electrons. The summed E-state index contributed by atoms with van der Waals surface area (Å²) in [5.74, 6) is 2.00. The number of aromatic nitrogens is 1. The number of ether oxygens (including phenoxy) is 2. The molecule has 1 aromatic heterocycles. The van der Waals surface area contributed by atoms with Gasteiger partial charge < -0.3 is 19.4 Å². The largest absolute Gasteiger partial charge is 0.497 e. The number of fused-ring (bicyclic) bond motifs is 1. The Balaban J connectivity index is 1.44. The van der Waals surface area contributed by atoms with Crippen molar-refractivity contribution in [2.75, 3.05) is 26.0 Å². The first-order valence-corrected chi connectivity index (χ1v) is 9.94. The summed E-state index contributed by atoms with van der Waals surface area (Å²) in [6, 6.07) is 15.6. The molecule has 0 saturated heterocycles. The van der Waals surface area contributed by atoms with Crippen molar-refractivity contribution in [2.24, 2.45) is 0 Å². The number of hydrogen-bond donors (Lipinski definition) is 1. The maximum absolute atomic E-state index is 12.0. The Kier molecular flexibility index (Phi) is 6.65. The number of nitrogens with one attached hydrogen (secondary N) is 1. The summed E-state index contributed by atoms with van der Waals surface area (Å²) >= 11 is 1.75. The van der Waals surface area contributed by atoms with Crippen molar-refractivity contribution in [3.63, 3.8) is 0 Å². The Morgan fingerprint density at radius 3 is 2.78 bits per heavy atom. The first-order chi connectivity index (χ1) is 13.2. The smallest absolute Gasteiger partial charge is 0.257 e. The number of aryl methyl sites for hydroxylation is 1. The lowest BCUT2D eigenvalue weighted by Gasteiger charge is -2.08. The molecule has 0 aliphatic heterocycles. The van der Waals surface area contributed by atoms with Crippen LogP contribution in [0.15, 0.2) is 59.6 Å². The van der Waals surface area contributed by atoms with Gasteiger partial charge in [0.25, 0.3) is 5.91 Å². The molecule has 0 spiro atoms. The maximum Gasteiger partial charge on any atom is 0.257 e. The average molecular weight is 385 g/mol. The predicted molar refractivity (Wildman–Crippen MR) is 110 cm³/mol. The standard InChI is InChI=1S/C21H24N2O3S/c1-3-23-14-20(18-9-4-5-10-19(18)23)27-12-11-22-21(24)15-26-17-8-6-7-16(13-17)25-2/h4-10,13-14H,3,11-12,15H2,1-2H3,(H,22,24). The minimum Gasteiger partial charge on any atom is -0.497 e. The molecule has 3 rings (SSSR count). The van der Waals surface area contributed by atoms with E-state index < -0.39 is 0 Å². The van der Waals surface area contributed by atoms with E-state index in [1.165, 1.54) is 15.8 Å². The van der Waals surface area contributed by atoms with Crippen LogP contribution < -0.4 is 14.8 Å². The zero-order chi connectivity index (χ0) is 19.1. The predicted octanol–water partition coefficient (Wildman–Crippen LogP) is 3.96. The molecule has 6 heteroatoms. The van der Waals surface area contributed by atoms with E-state index in [2.05, 4.69) is 47.3 Å². The Labute approximate surface area is 163 Å². The van der Waals surface area contributed by atoms with E-state index in [4.69, 9.17) is 9.47 Å². The van der Waals surface area contributed by atoms with E-state index in [0.717, 1.165) is 12.3 Å². The summed E-state index contributed by atoms with van der Waals surface area (Å²) in [4.78, 5) is 13.2. The van der Waals surface area contributed by atoms with Gasteiger partial charge in [0.2, 0.25) is 0 Å². The van der Waals surface area contributed by atoms with Gasteiger partial charge in [-0.2, -0.15) is 0 Å². The molecule has 5 nitrogen and oxygen atoms in total. The number of carbonyl (C=O) groups is 1. The van der Waals surface area contributed by atoms with Crippen LogP contribution in [0.5, 0.6) is 11.5 Å². The van der Waals surface area contributed by atoms with E-state index in [1.807, 2.05) is 12.1 Å². The van der Waals surface area contributed by atoms with Gasteiger partial charge >= 0.3 is 0 Å². The minimum atomic E-state index is -0.130. The van der Waals surface area contributed by atoms with Crippen molar-refractivity contribution in [2.45, 2.75) is 18.4 Å². The molecule has 2 aromatic carbocycles. The van der Waals surface area contributed by atoms with Crippen LogP contribution in [-0.4, -0.2) is 36.5 Å². The van der Waals surface area contributed by atoms with Crippen LogP contribution in [0.4, 0.5) is 0 Å². The van der Waals surface area contributed by atoms with E-state index >= 15 is 0 Å². The van der Waals surface area contributed by atoms with Gasteiger partial charge in [-0.1, -0.05) is 24.3 Å². The van der Waals surface area contributed by atoms with E-state index in [9.17, 15) is 4.79 Å². The summed E-state index contributed by atoms with van der Waals surface area (Å²) in [5, 5.41) is 4.16. The van der Waals surface area contributed by atoms with Crippen molar-refractivity contribution in [1.82, 2.24) is 9.88 Å². The van der Waals surface area contributed by atoms with Crippen LogP contribution in [-0.2, 0) is 11.3 Å². The molecule has 0 unspecified atom stereocenters. The molecule has 27 heavy (non-hydrogen) atoms. The van der Waals surface area contributed by atoms with Crippen molar-refractivity contribution in [1.29, 1.82) is 0 Å². The van der Waals surface area contributed by atoms with Crippen molar-refractivity contribution in [3.05, 3.63) is 54.7 Å². The maximum atomic E-state index is 12.0. The van der Waals surface area contributed by atoms with Gasteiger partial charge in [0.1, 0.15) is 11.5 Å². The fraction of sp³-hybridized carbons (Fsp3) is 0.286. The summed E-state index contributed by atoms with van der Waals surface area (Å²) in [6.45, 7) is 3.67. The second-order valence-corrected chi connectivity index (χ2v) is 7.10. The third-order valence-electron chi connectivity index (χ3n) is 4.19. The molecule has 0 saturated carbocycles. The van der Waals surface area contributed by atoms with Crippen molar-refractivity contribution >= 4 is 28.6 Å². The van der Waals surface area contributed by atoms with Gasteiger partial charge in [-0.15, -0.1) is 11.8 Å². The number of amides is 1. The Morgan fingerprint density at radius 1 is 1.15 bits per heavy atom. The lowest BCUT2D eigenvalue weighted by molar-refractivity contribution is -0.122. The molecular formula is C21H24N2O3S. The monoisotopic (exact) mass is 384 g/mol. The second kappa shape index (κ2) is 9.37. The number of rotatable bonds is 9. The summed E-state index contributed by atoms with van der Waals surface area (Å²) in [6.07, 6.45) is 2.18. The van der Waals surface area contributed by atoms with Gasteiger partial charge in [0.05, 0.1) is 7.11 Å². The number of nitrogens with zero attached hydrogens (tertiary/aromatic N) is 1. The van der Waals surface area contributed by atoms with Crippen LogP contribution in [0, 0.1) is 0 Å². The highest BCUT2D eigenvalue weighted by Gasteiger charge is 2.08. The number of hydrogen-bond acceptors (Lipinski definition) is 4. The summed E-state index contributed by atoms with van der Waals surface area (Å²) in [5.41, 5.74) is 1.25. The zero-order valence-electron chi connectivity index (χ0n) is 15.6. The number of thioether (sulfide) groups is 1. The van der Waals surface area contributed by atoms with Crippen molar-refractivity contribution < 1.29 is 14.3 Å². The SMILES string of the molecule is CCn1cc(SCCNC(=O)COc2cccc(OC)c2)c2ccccc21. The van der Waals surface area contributed by atoms with Gasteiger partial charge in [-0.3, -0.25) is 4.79 Å². The Bertz CT molecular complexity index is 907. The Hall–Kier alpha value is -2.60. The van der Waals surface area contributed by atoms with Gasteiger partial charge in [0, 0.05) is 46.9 Å². The van der Waals surface area contributed by atoms with E-state index in [0.29, 0.717) is 18.0 Å². The third-order valence-corrected chi connectivity index (χ3v) is 5.23. The lowest BCUT2D eigenvalue weighted by Crippen LogP contribution is -2.30. The minimum absolute atomic E-state index is 0.00697. The molecule has 1 N–H and O–H groups in total. The fourth-order valence-corrected chi connectivity index (χ4v) is 3.79. The number of para-hydroxylation sites is 1. The first-order valence-electron chi connectivity index (χ1n) is 8.95. The molecule has 142 valence electrons. The highest BCUT2D eigenvalue weighted by atomic mass is 32.2. The van der Waals surface area contributed by atoms with Crippen LogP contribution in [0.1, 0.15) is 6.92 Å². The fourth-order valence-electron chi connectivity index (χ4n) is 2.83. The van der Waals surface area contributed by atoms with Gasteiger partial charge in [0.15, 0.2) is 6.61 Å². The van der Waals surface area contributed by atoms with Crippen LogP contribution in [0.25, 0.3) is 10.9 Å². The molecule has 0 fully saturated rings. The first kappa shape index (κ1) is 19.2. The van der Waals surface area contributed by atoms with Crippen LogP contribution in [0.2, 0.25) is 0 Å². The molecule has 1 amide bonds. The average Bonchev–Trinajstić information content (AvgIpc) is 3.08. The highest BCUT2D eigenvalue weighted by molar-refractivity contribution is 7.99. The molecular weight excluding hydrogens is 360 g/mol. The quantitative estimate of drug-likeness (QED) is 0.448. The lowest BCUT2D eigenvalue weighted by atomic mass is 10.2. The molecule has 0 bridgehead atoms. The number of benzene rings is 2. The highest BCUT2D eigenvalue weighted by Crippen LogP contribution is 2.29. The van der Waals surface area contributed by atoms with Gasteiger partial charge in [-0.25, -0.2) is 0 Å². The van der Waals surface area contributed by atoms with Gasteiger partial charge in [-0.05, 0) is 25.1 Å². The normalized spacial score (nSPS) is 10.7. The zero-order valence-corrected chi connectivity index (χ0v) is 16.4. The Morgan fingerprint density at radius 2 is 1.96 bits per heavy atom. The summed E-state index contributed by atoms with van der Waals surface area (Å²) < 4.78 is 12.9. The number of methoxy groups -OCH3 is 1. The van der Waals surface area contributed by atoms with Crippen molar-refractivity contribution in [3.8, 4) is 11.5 Å². The molecule has 0 aliphatic carbocycles. The molecule has 0 atom stereocenters. The topological polar surface area (TPSA) is 52.5 Å². The van der Waals surface area contributed by atoms with E-state index in [1.54, 1.807) is 31.0 Å². The van der Waals surface area contributed by atoms with E-state index in [-0.39, 0.29) is 12.5 Å². The molecule has 0 aliphatic rings. The number of carbonyl (C=O) groups excluding carboxylic acids is 1. The third kappa shape index (κ3) is 4.98. The van der Waals surface area contributed by atoms with Crippen LogP contribution >= 0.6 is 11.8 Å². The second-order valence-electron chi connectivity index (χ2n) is 5.96.